The number of nitriles is 1. The molecule has 4 nitrogen and oxygen atoms in total. The molecule has 144 valence electrons. The first-order valence-corrected chi connectivity index (χ1v) is 10.3. The van der Waals surface area contributed by atoms with E-state index in [9.17, 15) is 5.26 Å². The van der Waals surface area contributed by atoms with E-state index < -0.39 is 0 Å². The van der Waals surface area contributed by atoms with Gasteiger partial charge in [0.25, 0.3) is 0 Å². The zero-order chi connectivity index (χ0) is 20.1. The van der Waals surface area contributed by atoms with Crippen LogP contribution >= 0.6 is 22.9 Å². The van der Waals surface area contributed by atoms with Crippen LogP contribution in [0.25, 0.3) is 21.9 Å². The number of allylic oxidation sites excluding steroid dienone is 1. The second kappa shape index (κ2) is 9.09. The van der Waals surface area contributed by atoms with E-state index in [2.05, 4.69) is 24.9 Å². The smallest absolute Gasteiger partial charge is 0.179 e. The van der Waals surface area contributed by atoms with E-state index in [1.807, 2.05) is 37.3 Å². The fraction of sp³-hybridized carbons (Fsp3) is 0.273. The van der Waals surface area contributed by atoms with Crippen molar-refractivity contribution < 1.29 is 9.47 Å². The first kappa shape index (κ1) is 20.2. The number of para-hydroxylation sites is 1. The molecular weight excluding hydrogens is 392 g/mol. The topological polar surface area (TPSA) is 55.1 Å². The van der Waals surface area contributed by atoms with Gasteiger partial charge in [-0.1, -0.05) is 37.6 Å². The van der Waals surface area contributed by atoms with Gasteiger partial charge in [0.1, 0.15) is 11.1 Å². The first-order valence-electron chi connectivity index (χ1n) is 9.08. The first-order chi connectivity index (χ1) is 13.5. The minimum atomic E-state index is 0.370. The van der Waals surface area contributed by atoms with Crippen molar-refractivity contribution >= 4 is 44.8 Å². The van der Waals surface area contributed by atoms with Gasteiger partial charge < -0.3 is 9.47 Å². The van der Waals surface area contributed by atoms with Crippen LogP contribution in [-0.2, 0) is 0 Å². The molecule has 2 aromatic carbocycles. The van der Waals surface area contributed by atoms with Crippen LogP contribution in [0.5, 0.6) is 11.5 Å². The summed E-state index contributed by atoms with van der Waals surface area (Å²) in [6.45, 7) is 7.09. The summed E-state index contributed by atoms with van der Waals surface area (Å²) in [5.41, 5.74) is 2.13. The average molecular weight is 413 g/mol. The predicted octanol–water partition coefficient (Wildman–Crippen LogP) is 6.45. The predicted molar refractivity (Wildman–Crippen MR) is 116 cm³/mol. The van der Waals surface area contributed by atoms with Crippen LogP contribution in [0, 0.1) is 17.2 Å². The number of halogens is 1. The lowest BCUT2D eigenvalue weighted by Gasteiger charge is -2.15. The van der Waals surface area contributed by atoms with Gasteiger partial charge in [0.15, 0.2) is 11.5 Å². The summed E-state index contributed by atoms with van der Waals surface area (Å²) in [6, 6.07) is 13.7. The third-order valence-electron chi connectivity index (χ3n) is 3.85. The fourth-order valence-electron chi connectivity index (χ4n) is 2.62. The molecular formula is C22H21ClN2O2S. The Morgan fingerprint density at radius 3 is 2.75 bits per heavy atom. The molecule has 0 atom stereocenters. The van der Waals surface area contributed by atoms with Gasteiger partial charge in [0.2, 0.25) is 0 Å². The van der Waals surface area contributed by atoms with E-state index in [1.54, 1.807) is 12.1 Å². The Labute approximate surface area is 174 Å². The summed E-state index contributed by atoms with van der Waals surface area (Å²) in [5.74, 6) is 1.48. The Morgan fingerprint density at radius 1 is 1.29 bits per heavy atom. The lowest BCUT2D eigenvalue weighted by molar-refractivity contribution is 0.248. The number of aromatic nitrogens is 1. The molecule has 0 aliphatic carbocycles. The molecule has 0 N–H and O–H groups in total. The molecule has 3 rings (SSSR count). The number of hydrogen-bond acceptors (Lipinski definition) is 5. The molecule has 0 aliphatic rings. The normalized spacial score (nSPS) is 11.6. The molecule has 0 saturated heterocycles. The quantitative estimate of drug-likeness (QED) is 0.418. The van der Waals surface area contributed by atoms with Gasteiger partial charge in [0.05, 0.1) is 34.0 Å². The van der Waals surface area contributed by atoms with Crippen molar-refractivity contribution in [1.29, 1.82) is 5.26 Å². The van der Waals surface area contributed by atoms with Gasteiger partial charge in [-0.3, -0.25) is 0 Å². The Balaban J connectivity index is 2.00. The van der Waals surface area contributed by atoms with Gasteiger partial charge in [-0.05, 0) is 48.7 Å². The third kappa shape index (κ3) is 4.64. The highest BCUT2D eigenvalue weighted by molar-refractivity contribution is 7.19. The van der Waals surface area contributed by atoms with Crippen LogP contribution in [0.3, 0.4) is 0 Å². The van der Waals surface area contributed by atoms with Crippen molar-refractivity contribution in [1.82, 2.24) is 4.98 Å². The highest BCUT2D eigenvalue weighted by Crippen LogP contribution is 2.38. The van der Waals surface area contributed by atoms with Crippen molar-refractivity contribution in [2.24, 2.45) is 5.92 Å². The van der Waals surface area contributed by atoms with Gasteiger partial charge in [0, 0.05) is 0 Å². The number of ether oxygens (including phenoxy) is 2. The molecule has 3 aromatic rings. The van der Waals surface area contributed by atoms with Gasteiger partial charge in [-0.2, -0.15) is 5.26 Å². The molecule has 0 aliphatic heterocycles. The summed E-state index contributed by atoms with van der Waals surface area (Å²) < 4.78 is 12.6. The van der Waals surface area contributed by atoms with Gasteiger partial charge >= 0.3 is 0 Å². The van der Waals surface area contributed by atoms with Crippen molar-refractivity contribution in [3.05, 3.63) is 52.0 Å². The Bertz CT molecular complexity index is 1020. The fourth-order valence-corrected chi connectivity index (χ4v) is 3.83. The Kier molecular flexibility index (Phi) is 6.56. The lowest BCUT2D eigenvalue weighted by atomic mass is 10.1. The molecule has 0 bridgehead atoms. The molecule has 0 radical (unpaired) electrons. The molecule has 0 saturated carbocycles. The minimum absolute atomic E-state index is 0.370. The maximum absolute atomic E-state index is 9.67. The number of hydrogen-bond donors (Lipinski definition) is 0. The van der Waals surface area contributed by atoms with Crippen molar-refractivity contribution in [2.75, 3.05) is 13.2 Å². The van der Waals surface area contributed by atoms with E-state index in [1.165, 1.54) is 11.3 Å². The number of fused-ring (bicyclic) bond motifs is 1. The van der Waals surface area contributed by atoms with Crippen molar-refractivity contribution in [3.63, 3.8) is 0 Å². The van der Waals surface area contributed by atoms with Crippen LogP contribution < -0.4 is 9.47 Å². The van der Waals surface area contributed by atoms with E-state index in [-0.39, 0.29) is 0 Å². The summed E-state index contributed by atoms with van der Waals surface area (Å²) in [7, 11) is 0. The van der Waals surface area contributed by atoms with E-state index >= 15 is 0 Å². The molecule has 0 fully saturated rings. The van der Waals surface area contributed by atoms with E-state index in [0.717, 1.165) is 15.8 Å². The largest absolute Gasteiger partial charge is 0.490 e. The lowest BCUT2D eigenvalue weighted by Crippen LogP contribution is -2.06. The monoisotopic (exact) mass is 412 g/mol. The van der Waals surface area contributed by atoms with Crippen LogP contribution in [-0.4, -0.2) is 18.2 Å². The highest BCUT2D eigenvalue weighted by Gasteiger charge is 2.14. The molecule has 0 amide bonds. The second-order valence-electron chi connectivity index (χ2n) is 6.62. The molecule has 1 heterocycles. The molecule has 0 unspecified atom stereocenters. The SMILES string of the molecule is CCOc1cc(/C=C(/C#N)c2nc3ccccc3s2)cc(Cl)c1OCC(C)C. The second-order valence-corrected chi connectivity index (χ2v) is 8.06. The summed E-state index contributed by atoms with van der Waals surface area (Å²) in [4.78, 5) is 4.57. The van der Waals surface area contributed by atoms with Gasteiger partial charge in [-0.15, -0.1) is 11.3 Å². The van der Waals surface area contributed by atoms with Crippen LogP contribution in [0.15, 0.2) is 36.4 Å². The standard InChI is InChI=1S/C22H21ClN2O2S/c1-4-26-19-11-15(10-17(23)21(19)27-13-14(2)3)9-16(12-24)22-25-18-7-5-6-8-20(18)28-22/h5-11,14H,4,13H2,1-3H3/b16-9-. The summed E-state index contributed by atoms with van der Waals surface area (Å²) >= 11 is 7.95. The summed E-state index contributed by atoms with van der Waals surface area (Å²) in [5, 5.41) is 10.8. The molecule has 0 spiro atoms. The minimum Gasteiger partial charge on any atom is -0.490 e. The maximum atomic E-state index is 9.67. The van der Waals surface area contributed by atoms with Crippen LogP contribution in [0.1, 0.15) is 31.3 Å². The third-order valence-corrected chi connectivity index (χ3v) is 5.20. The Hall–Kier alpha value is -2.55. The molecule has 6 heteroatoms. The number of rotatable bonds is 7. The van der Waals surface area contributed by atoms with Crippen molar-refractivity contribution in [2.45, 2.75) is 20.8 Å². The zero-order valence-corrected chi connectivity index (χ0v) is 17.6. The van der Waals surface area contributed by atoms with Gasteiger partial charge in [-0.25, -0.2) is 4.98 Å². The molecule has 28 heavy (non-hydrogen) atoms. The Morgan fingerprint density at radius 2 is 2.07 bits per heavy atom. The van der Waals surface area contributed by atoms with Crippen LogP contribution in [0.4, 0.5) is 0 Å². The average Bonchev–Trinajstić information content (AvgIpc) is 3.09. The molecule has 1 aromatic heterocycles. The maximum Gasteiger partial charge on any atom is 0.179 e. The summed E-state index contributed by atoms with van der Waals surface area (Å²) in [6.07, 6.45) is 1.78. The van der Waals surface area contributed by atoms with E-state index in [0.29, 0.717) is 46.2 Å². The highest BCUT2D eigenvalue weighted by atomic mass is 35.5. The zero-order valence-electron chi connectivity index (χ0n) is 16.0. The van der Waals surface area contributed by atoms with Crippen LogP contribution in [0.2, 0.25) is 5.02 Å². The van der Waals surface area contributed by atoms with Crippen molar-refractivity contribution in [3.8, 4) is 17.6 Å². The van der Waals surface area contributed by atoms with E-state index in [4.69, 9.17) is 21.1 Å². The number of nitrogens with zero attached hydrogens (tertiary/aromatic N) is 2. The number of benzene rings is 2. The number of thiazole rings is 1.